The molecule has 0 aliphatic heterocycles. The summed E-state index contributed by atoms with van der Waals surface area (Å²) in [6.07, 6.45) is 1.65. The number of carbonyl (C=O) groups excluding carboxylic acids is 1. The highest BCUT2D eigenvalue weighted by Gasteiger charge is 2.23. The molecule has 0 aliphatic rings. The topological polar surface area (TPSA) is 63.5 Å². The average Bonchev–Trinajstić information content (AvgIpc) is 2.46. The highest BCUT2D eigenvalue weighted by Crippen LogP contribution is 2.20. The fourth-order valence-electron chi connectivity index (χ4n) is 2.43. The van der Waals surface area contributed by atoms with E-state index in [1.165, 1.54) is 12.1 Å². The molecule has 0 bridgehead atoms. The monoisotopic (exact) mass is 312 g/mol. The van der Waals surface area contributed by atoms with Crippen LogP contribution in [0.15, 0.2) is 18.2 Å². The molecule has 0 atom stereocenters. The maximum atomic E-state index is 12.7. The molecule has 0 saturated heterocycles. The number of halogens is 1. The Hall–Kier alpha value is -1.62. The summed E-state index contributed by atoms with van der Waals surface area (Å²) in [4.78, 5) is 24.8. The molecule has 0 aliphatic carbocycles. The number of nitro benzene ring substituents is 1. The van der Waals surface area contributed by atoms with Crippen LogP contribution in [0.1, 0.15) is 42.6 Å². The van der Waals surface area contributed by atoms with Crippen LogP contribution in [0, 0.1) is 17.0 Å². The molecule has 0 fully saturated rings. The molecule has 6 heteroatoms. The third-order valence-electron chi connectivity index (χ3n) is 3.49. The first kappa shape index (κ1) is 17.4. The van der Waals surface area contributed by atoms with Gasteiger partial charge in [0.15, 0.2) is 0 Å². The summed E-state index contributed by atoms with van der Waals surface area (Å²) in [7, 11) is 0. The molecule has 0 N–H and O–H groups in total. The number of carbonyl (C=O) groups is 1. The van der Waals surface area contributed by atoms with Crippen molar-refractivity contribution in [1.29, 1.82) is 0 Å². The van der Waals surface area contributed by atoms with Gasteiger partial charge in [-0.05, 0) is 31.4 Å². The fraction of sp³-hybridized carbons (Fsp3) is 0.533. The normalized spacial score (nSPS) is 10.7. The minimum Gasteiger partial charge on any atom is -0.334 e. The number of aryl methyl sites for hydroxylation is 1. The lowest BCUT2D eigenvalue weighted by molar-refractivity contribution is -0.384. The van der Waals surface area contributed by atoms with Crippen LogP contribution in [0.5, 0.6) is 0 Å². The van der Waals surface area contributed by atoms with Crippen LogP contribution < -0.4 is 0 Å². The van der Waals surface area contributed by atoms with Gasteiger partial charge in [0.05, 0.1) is 4.92 Å². The van der Waals surface area contributed by atoms with Gasteiger partial charge in [0.2, 0.25) is 0 Å². The Morgan fingerprint density at radius 3 is 2.43 bits per heavy atom. The first-order chi connectivity index (χ1) is 9.94. The maximum absolute atomic E-state index is 12.7. The van der Waals surface area contributed by atoms with Crippen LogP contribution in [0.4, 0.5) is 5.69 Å². The first-order valence-electron chi connectivity index (χ1n) is 7.07. The zero-order chi connectivity index (χ0) is 16.0. The van der Waals surface area contributed by atoms with Gasteiger partial charge in [-0.2, -0.15) is 0 Å². The lowest BCUT2D eigenvalue weighted by Gasteiger charge is -2.30. The number of nitrogens with zero attached hydrogens (tertiary/aromatic N) is 2. The van der Waals surface area contributed by atoms with Gasteiger partial charge in [0.1, 0.15) is 0 Å². The van der Waals surface area contributed by atoms with Crippen molar-refractivity contribution in [1.82, 2.24) is 4.90 Å². The number of benzene rings is 1. The minimum atomic E-state index is -0.479. The average molecular weight is 313 g/mol. The van der Waals surface area contributed by atoms with Crippen molar-refractivity contribution in [3.63, 3.8) is 0 Å². The Kier molecular flexibility index (Phi) is 6.62. The quantitative estimate of drug-likeness (QED) is 0.437. The number of nitro groups is 1. The number of non-ortho nitro benzene ring substituents is 1. The van der Waals surface area contributed by atoms with E-state index in [1.807, 2.05) is 13.8 Å². The lowest BCUT2D eigenvalue weighted by Crippen LogP contribution is -2.41. The van der Waals surface area contributed by atoms with Crippen molar-refractivity contribution in [3.8, 4) is 0 Å². The second-order valence-electron chi connectivity index (χ2n) is 4.97. The number of amides is 1. The molecule has 1 rings (SSSR count). The van der Waals surface area contributed by atoms with Crippen LogP contribution in [0.25, 0.3) is 0 Å². The zero-order valence-electron chi connectivity index (χ0n) is 12.6. The van der Waals surface area contributed by atoms with E-state index >= 15 is 0 Å². The lowest BCUT2D eigenvalue weighted by atomic mass is 10.1. The summed E-state index contributed by atoms with van der Waals surface area (Å²) in [6.45, 7) is 6.21. The molecule has 0 saturated carbocycles. The van der Waals surface area contributed by atoms with Crippen molar-refractivity contribution in [2.45, 2.75) is 39.7 Å². The van der Waals surface area contributed by atoms with Crippen LogP contribution in [-0.4, -0.2) is 34.2 Å². The largest absolute Gasteiger partial charge is 0.334 e. The van der Waals surface area contributed by atoms with E-state index in [0.29, 0.717) is 23.6 Å². The molecule has 5 nitrogen and oxygen atoms in total. The Bertz CT molecular complexity index is 516. The second-order valence-corrected chi connectivity index (χ2v) is 5.35. The standard InChI is InChI=1S/C15H21ClN2O3/c1-4-13(5-2)17(7-6-16)15(19)12-8-11(3)9-14(10-12)18(20)21/h8-10,13H,4-7H2,1-3H3. The maximum Gasteiger partial charge on any atom is 0.270 e. The Morgan fingerprint density at radius 1 is 1.33 bits per heavy atom. The molecular formula is C15H21ClN2O3. The highest BCUT2D eigenvalue weighted by molar-refractivity contribution is 6.18. The predicted molar refractivity (Wildman–Crippen MR) is 84.0 cm³/mol. The Morgan fingerprint density at radius 2 is 1.95 bits per heavy atom. The van der Waals surface area contributed by atoms with Crippen LogP contribution in [0.2, 0.25) is 0 Å². The van der Waals surface area contributed by atoms with E-state index < -0.39 is 4.92 Å². The Balaban J connectivity index is 3.16. The van der Waals surface area contributed by atoms with Gasteiger partial charge in [-0.15, -0.1) is 11.6 Å². The van der Waals surface area contributed by atoms with E-state index in [9.17, 15) is 14.9 Å². The molecule has 1 aromatic carbocycles. The molecule has 1 amide bonds. The fourth-order valence-corrected chi connectivity index (χ4v) is 2.61. The van der Waals surface area contributed by atoms with Gasteiger partial charge in [-0.25, -0.2) is 0 Å². The molecule has 21 heavy (non-hydrogen) atoms. The molecule has 0 heterocycles. The van der Waals surface area contributed by atoms with Crippen molar-refractivity contribution in [3.05, 3.63) is 39.4 Å². The van der Waals surface area contributed by atoms with Crippen LogP contribution >= 0.6 is 11.6 Å². The molecule has 0 spiro atoms. The smallest absolute Gasteiger partial charge is 0.270 e. The zero-order valence-corrected chi connectivity index (χ0v) is 13.4. The van der Waals surface area contributed by atoms with Crippen LogP contribution in [0.3, 0.4) is 0 Å². The van der Waals surface area contributed by atoms with E-state index in [1.54, 1.807) is 17.9 Å². The number of rotatable bonds is 7. The highest BCUT2D eigenvalue weighted by atomic mass is 35.5. The summed E-state index contributed by atoms with van der Waals surface area (Å²) < 4.78 is 0. The number of hydrogen-bond acceptors (Lipinski definition) is 3. The van der Waals surface area contributed by atoms with Crippen molar-refractivity contribution < 1.29 is 9.72 Å². The summed E-state index contributed by atoms with van der Waals surface area (Å²) in [5.41, 5.74) is 0.982. The van der Waals surface area contributed by atoms with Crippen molar-refractivity contribution >= 4 is 23.2 Å². The van der Waals surface area contributed by atoms with Crippen molar-refractivity contribution in [2.24, 2.45) is 0 Å². The third-order valence-corrected chi connectivity index (χ3v) is 3.66. The van der Waals surface area contributed by atoms with E-state index in [2.05, 4.69) is 0 Å². The van der Waals surface area contributed by atoms with Gasteiger partial charge >= 0.3 is 0 Å². The van der Waals surface area contributed by atoms with Gasteiger partial charge in [-0.3, -0.25) is 14.9 Å². The number of alkyl halides is 1. The summed E-state index contributed by atoms with van der Waals surface area (Å²) >= 11 is 5.80. The number of hydrogen-bond donors (Lipinski definition) is 0. The molecule has 0 unspecified atom stereocenters. The third kappa shape index (κ3) is 4.43. The van der Waals surface area contributed by atoms with Gasteiger partial charge in [-0.1, -0.05) is 13.8 Å². The minimum absolute atomic E-state index is 0.0614. The predicted octanol–water partition coefficient (Wildman–Crippen LogP) is 3.77. The van der Waals surface area contributed by atoms with Gasteiger partial charge in [0.25, 0.3) is 11.6 Å². The Labute approximate surface area is 130 Å². The molecular weight excluding hydrogens is 292 g/mol. The summed E-state index contributed by atoms with van der Waals surface area (Å²) in [5, 5.41) is 10.9. The van der Waals surface area contributed by atoms with E-state index in [0.717, 1.165) is 12.8 Å². The van der Waals surface area contributed by atoms with Gasteiger partial charge < -0.3 is 4.90 Å². The SMILES string of the molecule is CCC(CC)N(CCCl)C(=O)c1cc(C)cc([N+](=O)[O-])c1. The summed E-state index contributed by atoms with van der Waals surface area (Å²) in [5.74, 6) is 0.145. The second kappa shape index (κ2) is 7.98. The first-order valence-corrected chi connectivity index (χ1v) is 7.61. The molecule has 0 radical (unpaired) electrons. The van der Waals surface area contributed by atoms with Gasteiger partial charge in [0, 0.05) is 36.2 Å². The van der Waals surface area contributed by atoms with E-state index in [4.69, 9.17) is 11.6 Å². The summed E-state index contributed by atoms with van der Waals surface area (Å²) in [6, 6.07) is 4.56. The molecule has 0 aromatic heterocycles. The van der Waals surface area contributed by atoms with Crippen molar-refractivity contribution in [2.75, 3.05) is 12.4 Å². The van der Waals surface area contributed by atoms with Crippen LogP contribution in [-0.2, 0) is 0 Å². The molecule has 1 aromatic rings. The molecule has 116 valence electrons. The van der Waals surface area contributed by atoms with E-state index in [-0.39, 0.29) is 17.6 Å².